The van der Waals surface area contributed by atoms with Crippen molar-refractivity contribution in [2.24, 2.45) is 0 Å². The van der Waals surface area contributed by atoms with Gasteiger partial charge in [-0.15, -0.1) is 0 Å². The minimum Gasteiger partial charge on any atom is -0.480 e. The molecule has 0 rings (SSSR count). The van der Waals surface area contributed by atoms with Gasteiger partial charge in [-0.25, -0.2) is 14.4 Å². The molecule has 0 radical (unpaired) electrons. The van der Waals surface area contributed by atoms with E-state index in [-0.39, 0.29) is 5.75 Å². The lowest BCUT2D eigenvalue weighted by Crippen LogP contribution is -2.50. The third kappa shape index (κ3) is 17.4. The van der Waals surface area contributed by atoms with Gasteiger partial charge in [0.1, 0.15) is 12.1 Å². The highest BCUT2D eigenvalue weighted by atomic mass is 32.2. The first-order valence-corrected chi connectivity index (χ1v) is 12.9. The fraction of sp³-hybridized carbons (Fsp3) is 0.600. The zero-order valence-electron chi connectivity index (χ0n) is 21.5. The van der Waals surface area contributed by atoms with Crippen LogP contribution in [-0.4, -0.2) is 64.2 Å². The molecule has 9 nitrogen and oxygen atoms in total. The summed E-state index contributed by atoms with van der Waals surface area (Å²) < 4.78 is 0. The van der Waals surface area contributed by atoms with Crippen molar-refractivity contribution in [3.8, 4) is 0 Å². The summed E-state index contributed by atoms with van der Waals surface area (Å²) in [5.74, 6) is -2.61. The van der Waals surface area contributed by atoms with Gasteiger partial charge in [0.05, 0.1) is 6.42 Å². The standard InChI is InChI=1S/C25H41N3O6S/c1-6-26-25(34)28-20(23(30)31)15-22(29)27-21(24(32)33)16-35-14-13-19(5)12-8-11-18(4)10-7-9-17(2)3/h9,11,13,20-21H,6-8,10,12,14-16H2,1-5H3,(H,27,29)(H,30,31)(H,32,33)(H2,26,28,34)/t20-,21-/m0/s1. The van der Waals surface area contributed by atoms with Crippen LogP contribution in [0.1, 0.15) is 66.7 Å². The number of aliphatic carboxylic acids is 2. The maximum absolute atomic E-state index is 12.2. The Morgan fingerprint density at radius 1 is 0.829 bits per heavy atom. The van der Waals surface area contributed by atoms with Gasteiger partial charge < -0.3 is 26.2 Å². The van der Waals surface area contributed by atoms with E-state index >= 15 is 0 Å². The van der Waals surface area contributed by atoms with Gasteiger partial charge in [0.2, 0.25) is 5.91 Å². The van der Waals surface area contributed by atoms with E-state index in [1.54, 1.807) is 6.92 Å². The molecule has 198 valence electrons. The summed E-state index contributed by atoms with van der Waals surface area (Å²) in [5.41, 5.74) is 3.91. The molecule has 0 aliphatic heterocycles. The van der Waals surface area contributed by atoms with Crippen molar-refractivity contribution >= 4 is 35.6 Å². The summed E-state index contributed by atoms with van der Waals surface area (Å²) in [7, 11) is 0. The maximum Gasteiger partial charge on any atom is 0.327 e. The van der Waals surface area contributed by atoms with Crippen LogP contribution in [0.25, 0.3) is 0 Å². The average molecular weight is 512 g/mol. The molecule has 0 aliphatic rings. The van der Waals surface area contributed by atoms with Crippen LogP contribution in [0.3, 0.4) is 0 Å². The lowest BCUT2D eigenvalue weighted by molar-refractivity contribution is -0.142. The second kappa shape index (κ2) is 18.6. The highest BCUT2D eigenvalue weighted by Gasteiger charge is 2.26. The monoisotopic (exact) mass is 511 g/mol. The van der Waals surface area contributed by atoms with E-state index in [4.69, 9.17) is 0 Å². The number of rotatable bonds is 17. The molecule has 10 heteroatoms. The smallest absolute Gasteiger partial charge is 0.327 e. The number of hydrogen-bond acceptors (Lipinski definition) is 5. The molecule has 0 aromatic rings. The van der Waals surface area contributed by atoms with E-state index in [2.05, 4.69) is 54.9 Å². The zero-order valence-corrected chi connectivity index (χ0v) is 22.3. The largest absolute Gasteiger partial charge is 0.480 e. The van der Waals surface area contributed by atoms with Gasteiger partial charge in [-0.3, -0.25) is 4.79 Å². The Morgan fingerprint density at radius 3 is 1.94 bits per heavy atom. The van der Waals surface area contributed by atoms with E-state index in [9.17, 15) is 29.4 Å². The van der Waals surface area contributed by atoms with E-state index in [1.165, 1.54) is 28.5 Å². The molecular formula is C25H41N3O6S. The number of carbonyl (C=O) groups is 4. The Balaban J connectivity index is 4.53. The SMILES string of the molecule is CCNC(=O)N[C@@H](CC(=O)N[C@@H](CSCC=C(C)CCC=C(C)CCC=C(C)C)C(=O)O)C(=O)O. The van der Waals surface area contributed by atoms with Crippen molar-refractivity contribution < 1.29 is 29.4 Å². The Hall–Kier alpha value is -2.75. The van der Waals surface area contributed by atoms with E-state index in [0.29, 0.717) is 12.3 Å². The summed E-state index contributed by atoms with van der Waals surface area (Å²) in [5, 5.41) is 25.5. The fourth-order valence-electron chi connectivity index (χ4n) is 2.91. The summed E-state index contributed by atoms with van der Waals surface area (Å²) in [6.07, 6.45) is 9.96. The number of carboxylic acid groups (broad SMARTS) is 2. The number of carboxylic acids is 2. The summed E-state index contributed by atoms with van der Waals surface area (Å²) in [6.45, 7) is 10.3. The van der Waals surface area contributed by atoms with Crippen molar-refractivity contribution in [2.75, 3.05) is 18.1 Å². The van der Waals surface area contributed by atoms with Crippen LogP contribution < -0.4 is 16.0 Å². The molecule has 0 saturated carbocycles. The molecule has 35 heavy (non-hydrogen) atoms. The fourth-order valence-corrected chi connectivity index (χ4v) is 3.91. The lowest BCUT2D eigenvalue weighted by atomic mass is 10.1. The lowest BCUT2D eigenvalue weighted by Gasteiger charge is -2.17. The third-order valence-corrected chi connectivity index (χ3v) is 5.89. The molecule has 0 aliphatic carbocycles. The van der Waals surface area contributed by atoms with Gasteiger partial charge in [0.25, 0.3) is 0 Å². The highest BCUT2D eigenvalue weighted by molar-refractivity contribution is 7.99. The Morgan fingerprint density at radius 2 is 1.40 bits per heavy atom. The van der Waals surface area contributed by atoms with Gasteiger partial charge in [0, 0.05) is 18.1 Å². The number of thioether (sulfide) groups is 1. The van der Waals surface area contributed by atoms with Crippen LogP contribution in [0, 0.1) is 0 Å². The van der Waals surface area contributed by atoms with Gasteiger partial charge in [-0.05, 0) is 60.3 Å². The van der Waals surface area contributed by atoms with E-state index in [0.717, 1.165) is 25.7 Å². The minimum atomic E-state index is -1.46. The Bertz CT molecular complexity index is 803. The number of carbonyl (C=O) groups excluding carboxylic acids is 2. The molecule has 0 aromatic carbocycles. The third-order valence-electron chi connectivity index (χ3n) is 4.92. The number of amides is 3. The average Bonchev–Trinajstić information content (AvgIpc) is 2.75. The summed E-state index contributed by atoms with van der Waals surface area (Å²) in [4.78, 5) is 46.5. The van der Waals surface area contributed by atoms with Crippen molar-refractivity contribution in [1.82, 2.24) is 16.0 Å². The molecule has 0 saturated heterocycles. The minimum absolute atomic E-state index is 0.135. The summed E-state index contributed by atoms with van der Waals surface area (Å²) >= 11 is 1.37. The van der Waals surface area contributed by atoms with Gasteiger partial charge in [-0.2, -0.15) is 11.8 Å². The van der Waals surface area contributed by atoms with E-state index < -0.39 is 42.4 Å². The topological polar surface area (TPSA) is 145 Å². The second-order valence-electron chi connectivity index (χ2n) is 8.55. The van der Waals surface area contributed by atoms with E-state index in [1.807, 2.05) is 6.92 Å². The molecule has 0 fully saturated rings. The molecular weight excluding hydrogens is 470 g/mol. The first kappa shape index (κ1) is 32.2. The van der Waals surface area contributed by atoms with Crippen LogP contribution in [0.15, 0.2) is 34.9 Å². The predicted octanol–water partition coefficient (Wildman–Crippen LogP) is 3.87. The first-order valence-electron chi connectivity index (χ1n) is 11.8. The molecule has 0 aromatic heterocycles. The quantitative estimate of drug-likeness (QED) is 0.147. The predicted molar refractivity (Wildman–Crippen MR) is 141 cm³/mol. The van der Waals surface area contributed by atoms with Gasteiger partial charge in [0.15, 0.2) is 0 Å². The molecule has 0 unspecified atom stereocenters. The van der Waals surface area contributed by atoms with Crippen molar-refractivity contribution in [3.05, 3.63) is 34.9 Å². The van der Waals surface area contributed by atoms with Crippen molar-refractivity contribution in [2.45, 2.75) is 78.8 Å². The molecule has 0 bridgehead atoms. The van der Waals surface area contributed by atoms with Crippen molar-refractivity contribution in [3.63, 3.8) is 0 Å². The normalized spacial score (nSPS) is 13.4. The number of hydrogen-bond donors (Lipinski definition) is 5. The van der Waals surface area contributed by atoms with Crippen LogP contribution in [0.4, 0.5) is 4.79 Å². The van der Waals surface area contributed by atoms with Crippen LogP contribution in [0.5, 0.6) is 0 Å². The molecule has 0 spiro atoms. The molecule has 3 amide bonds. The number of allylic oxidation sites excluding steroid dienone is 5. The van der Waals surface area contributed by atoms with Gasteiger partial charge in [-0.1, -0.05) is 34.9 Å². The van der Waals surface area contributed by atoms with Crippen LogP contribution >= 0.6 is 11.8 Å². The summed E-state index contributed by atoms with van der Waals surface area (Å²) in [6, 6.07) is -3.33. The van der Waals surface area contributed by atoms with Gasteiger partial charge >= 0.3 is 18.0 Å². The maximum atomic E-state index is 12.2. The molecule has 2 atom stereocenters. The number of urea groups is 1. The Labute approximate surface area is 212 Å². The highest BCUT2D eigenvalue weighted by Crippen LogP contribution is 2.13. The van der Waals surface area contributed by atoms with Crippen molar-refractivity contribution in [1.29, 1.82) is 0 Å². The molecule has 5 N–H and O–H groups in total. The van der Waals surface area contributed by atoms with Crippen LogP contribution in [0.2, 0.25) is 0 Å². The Kier molecular flexibility index (Phi) is 17.1. The number of nitrogens with one attached hydrogen (secondary N) is 3. The second-order valence-corrected chi connectivity index (χ2v) is 9.63. The van der Waals surface area contributed by atoms with Crippen LogP contribution in [-0.2, 0) is 14.4 Å². The zero-order chi connectivity index (χ0) is 26.8. The first-order chi connectivity index (χ1) is 16.5. The molecule has 0 heterocycles.